The molecule has 1 heterocycles. The van der Waals surface area contributed by atoms with Crippen LogP contribution in [-0.4, -0.2) is 11.5 Å². The first-order valence-corrected chi connectivity index (χ1v) is 7.35. The van der Waals surface area contributed by atoms with Crippen LogP contribution in [0, 0.1) is 6.92 Å². The van der Waals surface area contributed by atoms with Crippen molar-refractivity contribution in [3.63, 3.8) is 0 Å². The molecule has 0 aliphatic heterocycles. The predicted molar refractivity (Wildman–Crippen MR) is 85.4 cm³/mol. The summed E-state index contributed by atoms with van der Waals surface area (Å²) in [6.45, 7) is 2.22. The average molecular weight is 318 g/mol. The molecule has 23 heavy (non-hydrogen) atoms. The molecule has 0 spiro atoms. The van der Waals surface area contributed by atoms with Gasteiger partial charge < -0.3 is 10.7 Å². The molecule has 0 radical (unpaired) electrons. The van der Waals surface area contributed by atoms with Gasteiger partial charge in [-0.1, -0.05) is 29.8 Å². The second kappa shape index (κ2) is 5.74. The van der Waals surface area contributed by atoms with E-state index in [4.69, 9.17) is 5.73 Å². The fourth-order valence-electron chi connectivity index (χ4n) is 2.92. The predicted octanol–water partition coefficient (Wildman–Crippen LogP) is 4.59. The van der Waals surface area contributed by atoms with Gasteiger partial charge >= 0.3 is 6.18 Å². The van der Waals surface area contributed by atoms with Gasteiger partial charge in [-0.3, -0.25) is 0 Å². The Morgan fingerprint density at radius 2 is 1.91 bits per heavy atom. The first-order valence-electron chi connectivity index (χ1n) is 7.35. The molecule has 0 saturated heterocycles. The number of nitrogens with two attached hydrogens (primary N) is 1. The number of hydrogen-bond acceptors (Lipinski definition) is 1. The van der Waals surface area contributed by atoms with Gasteiger partial charge in [0.15, 0.2) is 0 Å². The molecular weight excluding hydrogens is 301 g/mol. The van der Waals surface area contributed by atoms with Gasteiger partial charge in [-0.05, 0) is 36.2 Å². The number of fused-ring (bicyclic) bond motifs is 1. The molecule has 2 aromatic carbocycles. The van der Waals surface area contributed by atoms with Gasteiger partial charge in [-0.15, -0.1) is 0 Å². The molecule has 0 aliphatic carbocycles. The fraction of sp³-hybridized carbons (Fsp3) is 0.222. The van der Waals surface area contributed by atoms with E-state index in [9.17, 15) is 13.2 Å². The number of hydrogen-bond donors (Lipinski definition) is 2. The molecule has 0 bridgehead atoms. The van der Waals surface area contributed by atoms with Crippen LogP contribution >= 0.6 is 0 Å². The van der Waals surface area contributed by atoms with Crippen LogP contribution in [0.1, 0.15) is 28.2 Å². The molecular formula is C18H17F3N2. The second-order valence-electron chi connectivity index (χ2n) is 5.70. The third-order valence-corrected chi connectivity index (χ3v) is 4.10. The Balaban J connectivity index is 2.10. The van der Waals surface area contributed by atoms with Crippen molar-refractivity contribution in [1.82, 2.24) is 4.98 Å². The van der Waals surface area contributed by atoms with E-state index in [1.165, 1.54) is 12.1 Å². The summed E-state index contributed by atoms with van der Waals surface area (Å²) in [5.41, 5.74) is 8.79. The van der Waals surface area contributed by atoms with E-state index in [1.807, 2.05) is 31.3 Å². The van der Waals surface area contributed by atoms with Crippen molar-refractivity contribution in [3.8, 4) is 0 Å². The summed E-state index contributed by atoms with van der Waals surface area (Å²) >= 11 is 0. The van der Waals surface area contributed by atoms with Gasteiger partial charge in [0.1, 0.15) is 0 Å². The lowest BCUT2D eigenvalue weighted by Gasteiger charge is -2.17. The molecule has 3 N–H and O–H groups in total. The quantitative estimate of drug-likeness (QED) is 0.729. The lowest BCUT2D eigenvalue weighted by Crippen LogP contribution is -2.15. The van der Waals surface area contributed by atoms with Crippen molar-refractivity contribution >= 4 is 10.9 Å². The molecule has 1 atom stereocenters. The molecule has 1 unspecified atom stereocenters. The van der Waals surface area contributed by atoms with Crippen molar-refractivity contribution in [2.45, 2.75) is 19.0 Å². The number of alkyl halides is 3. The molecule has 5 heteroatoms. The van der Waals surface area contributed by atoms with Gasteiger partial charge in [0.2, 0.25) is 0 Å². The summed E-state index contributed by atoms with van der Waals surface area (Å²) in [4.78, 5) is 3.17. The summed E-state index contributed by atoms with van der Waals surface area (Å²) in [6, 6.07) is 11.4. The molecule has 3 aromatic rings. The van der Waals surface area contributed by atoms with Gasteiger partial charge in [0, 0.05) is 29.6 Å². The topological polar surface area (TPSA) is 41.8 Å². The Kier molecular flexibility index (Phi) is 3.90. The van der Waals surface area contributed by atoms with Crippen LogP contribution in [0.2, 0.25) is 0 Å². The minimum atomic E-state index is -4.36. The molecule has 2 nitrogen and oxygen atoms in total. The van der Waals surface area contributed by atoms with Crippen molar-refractivity contribution < 1.29 is 13.2 Å². The average Bonchev–Trinajstić information content (AvgIpc) is 2.91. The first-order chi connectivity index (χ1) is 10.9. The van der Waals surface area contributed by atoms with E-state index >= 15 is 0 Å². The van der Waals surface area contributed by atoms with Crippen LogP contribution < -0.4 is 5.73 Å². The summed E-state index contributed by atoms with van der Waals surface area (Å²) in [6.07, 6.45) is -2.52. The minimum Gasteiger partial charge on any atom is -0.361 e. The minimum absolute atomic E-state index is 0.238. The smallest absolute Gasteiger partial charge is 0.361 e. The molecule has 3 rings (SSSR count). The lowest BCUT2D eigenvalue weighted by atomic mass is 9.90. The van der Waals surface area contributed by atoms with Crippen LogP contribution in [0.25, 0.3) is 10.9 Å². The highest BCUT2D eigenvalue weighted by molar-refractivity contribution is 5.85. The van der Waals surface area contributed by atoms with E-state index in [2.05, 4.69) is 4.98 Å². The van der Waals surface area contributed by atoms with Gasteiger partial charge in [0.25, 0.3) is 0 Å². The number of benzene rings is 2. The molecule has 0 saturated carbocycles. The maximum absolute atomic E-state index is 12.9. The highest BCUT2D eigenvalue weighted by Gasteiger charge is 2.31. The zero-order valence-electron chi connectivity index (χ0n) is 12.6. The number of halogens is 3. The molecule has 0 aliphatic rings. The molecule has 0 fully saturated rings. The van der Waals surface area contributed by atoms with Crippen molar-refractivity contribution in [2.24, 2.45) is 5.73 Å². The number of aromatic amines is 1. The molecule has 1 aromatic heterocycles. The van der Waals surface area contributed by atoms with Crippen molar-refractivity contribution in [1.29, 1.82) is 0 Å². The first kappa shape index (κ1) is 15.6. The van der Waals surface area contributed by atoms with Crippen LogP contribution in [0.5, 0.6) is 0 Å². The van der Waals surface area contributed by atoms with Gasteiger partial charge in [-0.2, -0.15) is 13.2 Å². The summed E-state index contributed by atoms with van der Waals surface area (Å²) in [5, 5.41) is 0.998. The normalized spacial score (nSPS) is 13.4. The van der Waals surface area contributed by atoms with E-state index in [0.29, 0.717) is 5.56 Å². The maximum atomic E-state index is 12.9. The van der Waals surface area contributed by atoms with Crippen molar-refractivity contribution in [2.75, 3.05) is 6.54 Å². The zero-order valence-corrected chi connectivity index (χ0v) is 12.6. The third kappa shape index (κ3) is 2.97. The largest absolute Gasteiger partial charge is 0.416 e. The Morgan fingerprint density at radius 3 is 2.61 bits per heavy atom. The summed E-state index contributed by atoms with van der Waals surface area (Å²) < 4.78 is 38.8. The van der Waals surface area contributed by atoms with Crippen molar-refractivity contribution in [3.05, 3.63) is 70.9 Å². The Labute approximate surface area is 132 Å². The Bertz CT molecular complexity index is 834. The van der Waals surface area contributed by atoms with Crippen LogP contribution in [0.15, 0.2) is 48.7 Å². The highest BCUT2D eigenvalue weighted by atomic mass is 19.4. The number of aromatic nitrogens is 1. The monoisotopic (exact) mass is 318 g/mol. The van der Waals surface area contributed by atoms with E-state index in [0.717, 1.165) is 28.1 Å². The second-order valence-corrected chi connectivity index (χ2v) is 5.70. The number of aryl methyl sites for hydroxylation is 1. The van der Waals surface area contributed by atoms with E-state index < -0.39 is 11.7 Å². The number of nitrogens with one attached hydrogen (secondary N) is 1. The van der Waals surface area contributed by atoms with Gasteiger partial charge in [-0.25, -0.2) is 0 Å². The molecule has 120 valence electrons. The number of H-pyrrole nitrogens is 1. The fourth-order valence-corrected chi connectivity index (χ4v) is 2.92. The lowest BCUT2D eigenvalue weighted by molar-refractivity contribution is -0.137. The van der Waals surface area contributed by atoms with Crippen LogP contribution in [0.4, 0.5) is 13.2 Å². The SMILES string of the molecule is Cc1ccc2[nH]cc(C(CN)c3cccc(C(F)(F)F)c3)c2c1. The zero-order chi connectivity index (χ0) is 16.6. The Morgan fingerprint density at radius 1 is 1.13 bits per heavy atom. The van der Waals surface area contributed by atoms with E-state index in [-0.39, 0.29) is 12.5 Å². The van der Waals surface area contributed by atoms with E-state index in [1.54, 1.807) is 6.07 Å². The third-order valence-electron chi connectivity index (χ3n) is 4.10. The highest BCUT2D eigenvalue weighted by Crippen LogP contribution is 2.34. The summed E-state index contributed by atoms with van der Waals surface area (Å²) in [5.74, 6) is -0.284. The van der Waals surface area contributed by atoms with Crippen LogP contribution in [0.3, 0.4) is 0 Å². The van der Waals surface area contributed by atoms with Crippen LogP contribution in [-0.2, 0) is 6.18 Å². The van der Waals surface area contributed by atoms with Gasteiger partial charge in [0.05, 0.1) is 5.56 Å². The Hall–Kier alpha value is -2.27. The number of rotatable bonds is 3. The molecule has 0 amide bonds. The standard InChI is InChI=1S/C18H17F3N2/c1-11-5-6-17-14(7-11)16(10-23-17)15(9-22)12-3-2-4-13(8-12)18(19,20)21/h2-8,10,15,23H,9,22H2,1H3. The maximum Gasteiger partial charge on any atom is 0.416 e. The summed E-state index contributed by atoms with van der Waals surface area (Å²) in [7, 11) is 0.